The number of pyridine rings is 1. The van der Waals surface area contributed by atoms with E-state index in [1.54, 1.807) is 23.6 Å². The Kier molecular flexibility index (Phi) is 13.4. The van der Waals surface area contributed by atoms with E-state index in [0.717, 1.165) is 72.9 Å². The topological polar surface area (TPSA) is 113 Å². The van der Waals surface area contributed by atoms with Crippen molar-refractivity contribution in [2.24, 2.45) is 18.9 Å². The number of benzene rings is 1. The maximum absolute atomic E-state index is 14.3. The first-order valence-electron chi connectivity index (χ1n) is 19.9. The van der Waals surface area contributed by atoms with Crippen LogP contribution in [0.25, 0.3) is 5.57 Å². The molecule has 2 aromatic rings. The van der Waals surface area contributed by atoms with Gasteiger partial charge in [0.1, 0.15) is 17.6 Å². The van der Waals surface area contributed by atoms with Gasteiger partial charge in [0.2, 0.25) is 11.8 Å². The molecule has 1 aromatic carbocycles. The van der Waals surface area contributed by atoms with E-state index in [9.17, 15) is 32.3 Å². The van der Waals surface area contributed by atoms with E-state index in [4.69, 9.17) is 16.3 Å². The van der Waals surface area contributed by atoms with Gasteiger partial charge in [-0.2, -0.15) is 13.2 Å². The molecule has 14 heteroatoms. The summed E-state index contributed by atoms with van der Waals surface area (Å²) >= 11 is 7.00. The number of amides is 2. The van der Waals surface area contributed by atoms with Crippen LogP contribution in [0.1, 0.15) is 86.5 Å². The van der Waals surface area contributed by atoms with Crippen LogP contribution in [0.4, 0.5) is 24.5 Å². The second kappa shape index (κ2) is 18.1. The maximum atomic E-state index is 14.3. The fourth-order valence-corrected chi connectivity index (χ4v) is 8.89. The normalized spacial score (nSPS) is 21.7. The third-order valence-electron chi connectivity index (χ3n) is 12.1. The van der Waals surface area contributed by atoms with Crippen LogP contribution in [-0.4, -0.2) is 72.9 Å². The molecular weight excluding hydrogens is 759 g/mol. The SMILES string of the molecule is COC1=CC(c2cn(C)c(=O)c(C)c2C)=CC(Cl)=C(CC2CCCN(CC(=O)CC3CCN(c4ccc(NC5CCC(=O)NC5=O)cc4C(F)(F)F)CC3)CC2)C1. The van der Waals surface area contributed by atoms with Crippen LogP contribution in [0.2, 0.25) is 0 Å². The van der Waals surface area contributed by atoms with Gasteiger partial charge in [0, 0.05) is 73.1 Å². The molecule has 2 atom stereocenters. The van der Waals surface area contributed by atoms with Gasteiger partial charge >= 0.3 is 6.18 Å². The molecule has 3 saturated heterocycles. The van der Waals surface area contributed by atoms with E-state index in [1.165, 1.54) is 12.1 Å². The minimum absolute atomic E-state index is 0.0247. The predicted octanol–water partition coefficient (Wildman–Crippen LogP) is 7.42. The van der Waals surface area contributed by atoms with Crippen LogP contribution in [0.5, 0.6) is 0 Å². The summed E-state index contributed by atoms with van der Waals surface area (Å²) in [5, 5.41) is 5.76. The molecule has 3 fully saturated rings. The molecule has 10 nitrogen and oxygen atoms in total. The molecule has 0 radical (unpaired) electrons. The molecule has 4 heterocycles. The zero-order chi connectivity index (χ0) is 41.0. The number of carbonyl (C=O) groups is 3. The van der Waals surface area contributed by atoms with Crippen molar-refractivity contribution in [3.63, 3.8) is 0 Å². The highest BCUT2D eigenvalue weighted by Gasteiger charge is 2.37. The molecule has 0 spiro atoms. The number of imide groups is 1. The van der Waals surface area contributed by atoms with E-state index in [2.05, 4.69) is 15.5 Å². The standard InChI is InChI=1S/C43H53ClF3N5O5/c1-26-27(2)42(56)50(3)25-35(26)30-20-34(57-4)21-31(37(44)22-30)18-28-6-5-14-51(15-11-28)24-33(53)19-29-12-16-52(17-13-29)39-9-7-32(23-36(39)43(45,46)47)48-38-8-10-40(54)49-41(38)55/h7,9,20,22-23,25,28-29,38,48H,5-6,8,10-19,21,24H2,1-4H3,(H,49,54,55). The minimum Gasteiger partial charge on any atom is -0.501 e. The zero-order valence-corrected chi connectivity index (χ0v) is 34.0. The number of aryl methyl sites for hydroxylation is 1. The van der Waals surface area contributed by atoms with E-state index < -0.39 is 29.6 Å². The molecule has 4 aliphatic rings. The molecule has 0 saturated carbocycles. The highest BCUT2D eigenvalue weighted by Crippen LogP contribution is 2.41. The van der Waals surface area contributed by atoms with Crippen LogP contribution in [0, 0.1) is 25.7 Å². The Hall–Kier alpha value is -4.36. The van der Waals surface area contributed by atoms with Gasteiger partial charge in [-0.1, -0.05) is 11.6 Å². The van der Waals surface area contributed by atoms with Crippen LogP contribution >= 0.6 is 11.6 Å². The van der Waals surface area contributed by atoms with Gasteiger partial charge in [-0.15, -0.1) is 0 Å². The summed E-state index contributed by atoms with van der Waals surface area (Å²) in [6, 6.07) is 3.22. The number of carbonyl (C=O) groups excluding carboxylic acids is 3. The smallest absolute Gasteiger partial charge is 0.418 e. The molecule has 6 rings (SSSR count). The van der Waals surface area contributed by atoms with E-state index in [-0.39, 0.29) is 41.5 Å². The minimum atomic E-state index is -4.61. The van der Waals surface area contributed by atoms with Gasteiger partial charge in [-0.25, -0.2) is 0 Å². The van der Waals surface area contributed by atoms with Gasteiger partial charge in [0.15, 0.2) is 0 Å². The fraction of sp³-hybridized carbons (Fsp3) is 0.535. The molecule has 2 unspecified atom stereocenters. The molecule has 2 N–H and O–H groups in total. The number of rotatable bonds is 11. The highest BCUT2D eigenvalue weighted by molar-refractivity contribution is 6.32. The molecule has 1 aliphatic carbocycles. The number of alkyl halides is 3. The van der Waals surface area contributed by atoms with Gasteiger partial charge in [-0.3, -0.25) is 29.4 Å². The second-order valence-corrected chi connectivity index (χ2v) is 16.5. The lowest BCUT2D eigenvalue weighted by Gasteiger charge is -2.35. The highest BCUT2D eigenvalue weighted by atomic mass is 35.5. The van der Waals surface area contributed by atoms with Crippen molar-refractivity contribution in [1.29, 1.82) is 0 Å². The number of piperidine rings is 2. The number of anilines is 2. The number of halogens is 4. The van der Waals surface area contributed by atoms with Crippen molar-refractivity contribution >= 4 is 46.1 Å². The summed E-state index contributed by atoms with van der Waals surface area (Å²) < 4.78 is 50.2. The number of nitrogens with zero attached hydrogens (tertiary/aromatic N) is 3. The lowest BCUT2D eigenvalue weighted by atomic mass is 9.90. The average Bonchev–Trinajstić information content (AvgIpc) is 3.48. The van der Waals surface area contributed by atoms with Crippen molar-refractivity contribution in [3.8, 4) is 0 Å². The number of ether oxygens (including phenoxy) is 1. The Morgan fingerprint density at radius 3 is 2.42 bits per heavy atom. The maximum Gasteiger partial charge on any atom is 0.418 e. The first-order valence-corrected chi connectivity index (χ1v) is 20.3. The summed E-state index contributed by atoms with van der Waals surface area (Å²) in [7, 11) is 3.42. The van der Waals surface area contributed by atoms with E-state index in [1.807, 2.05) is 32.2 Å². The number of ketones is 1. The molecule has 57 heavy (non-hydrogen) atoms. The van der Waals surface area contributed by atoms with Gasteiger partial charge in [0.25, 0.3) is 5.56 Å². The van der Waals surface area contributed by atoms with Crippen LogP contribution in [-0.2, 0) is 32.3 Å². The summed E-state index contributed by atoms with van der Waals surface area (Å²) in [6.45, 7) is 6.62. The van der Waals surface area contributed by atoms with Crippen molar-refractivity contribution in [2.45, 2.75) is 90.3 Å². The Morgan fingerprint density at radius 1 is 0.982 bits per heavy atom. The van der Waals surface area contributed by atoms with E-state index in [0.29, 0.717) is 61.8 Å². The molecular formula is C43H53ClF3N5O5. The predicted molar refractivity (Wildman–Crippen MR) is 216 cm³/mol. The molecule has 2 amide bonds. The lowest BCUT2D eigenvalue weighted by Crippen LogP contribution is -2.47. The Morgan fingerprint density at radius 2 is 1.72 bits per heavy atom. The van der Waals surface area contributed by atoms with Crippen molar-refractivity contribution in [3.05, 3.63) is 85.5 Å². The van der Waals surface area contributed by atoms with Crippen LogP contribution < -0.4 is 21.1 Å². The van der Waals surface area contributed by atoms with Crippen molar-refractivity contribution < 1.29 is 32.3 Å². The summed E-state index contributed by atoms with van der Waals surface area (Å²) in [6.07, 6.45) is 7.55. The van der Waals surface area contributed by atoms with Crippen molar-refractivity contribution in [2.75, 3.05) is 50.1 Å². The number of allylic oxidation sites excluding steroid dienone is 5. The van der Waals surface area contributed by atoms with Crippen molar-refractivity contribution in [1.82, 2.24) is 14.8 Å². The summed E-state index contributed by atoms with van der Waals surface area (Å²) in [4.78, 5) is 53.4. The number of hydrogen-bond donors (Lipinski definition) is 2. The summed E-state index contributed by atoms with van der Waals surface area (Å²) in [5.41, 5.74) is 4.01. The fourth-order valence-electron chi connectivity index (χ4n) is 8.63. The van der Waals surface area contributed by atoms with Crippen LogP contribution in [0.3, 0.4) is 0 Å². The number of hydrogen-bond acceptors (Lipinski definition) is 8. The molecule has 1 aromatic heterocycles. The molecule has 308 valence electrons. The number of likely N-dealkylation sites (tertiary alicyclic amines) is 1. The number of nitrogens with one attached hydrogen (secondary N) is 2. The monoisotopic (exact) mass is 811 g/mol. The number of methoxy groups -OCH3 is 1. The summed E-state index contributed by atoms with van der Waals surface area (Å²) in [5.74, 6) is 0.535. The zero-order valence-electron chi connectivity index (χ0n) is 33.2. The average molecular weight is 812 g/mol. The number of Topliss-reactive ketones (excluding diaryl/α,β-unsaturated/α-hetero) is 1. The molecule has 3 aliphatic heterocycles. The van der Waals surface area contributed by atoms with Gasteiger partial charge < -0.3 is 19.5 Å². The first-order chi connectivity index (χ1) is 27.1. The lowest BCUT2D eigenvalue weighted by molar-refractivity contribution is -0.137. The van der Waals surface area contributed by atoms with Gasteiger partial charge in [0.05, 0.1) is 19.2 Å². The third-order valence-corrected chi connectivity index (χ3v) is 12.4. The van der Waals surface area contributed by atoms with Gasteiger partial charge in [-0.05, 0) is 131 Å². The quantitative estimate of drug-likeness (QED) is 0.226. The largest absolute Gasteiger partial charge is 0.501 e. The third kappa shape index (κ3) is 10.4. The second-order valence-electron chi connectivity index (χ2n) is 16.1. The molecule has 0 bridgehead atoms. The Balaban J connectivity index is 1.01. The van der Waals surface area contributed by atoms with E-state index >= 15 is 0 Å². The Bertz CT molecular complexity index is 2030. The van der Waals surface area contributed by atoms with Crippen LogP contribution in [0.15, 0.2) is 57.7 Å². The number of aromatic nitrogens is 1. The Labute approximate surface area is 337 Å². The first kappa shape index (κ1) is 42.3.